The molecule has 23 heavy (non-hydrogen) atoms. The molecule has 0 aliphatic carbocycles. The third kappa shape index (κ3) is 5.31. The van der Waals surface area contributed by atoms with Crippen LogP contribution < -0.4 is 5.32 Å². The molecule has 10 heteroatoms. The van der Waals surface area contributed by atoms with E-state index in [1.54, 1.807) is 4.68 Å². The summed E-state index contributed by atoms with van der Waals surface area (Å²) in [5.74, 6) is -0.356. The highest BCUT2D eigenvalue weighted by atomic mass is 19.4. The number of alkyl halides is 3. The summed E-state index contributed by atoms with van der Waals surface area (Å²) in [5.41, 5.74) is -0.816. The van der Waals surface area contributed by atoms with Crippen LogP contribution >= 0.6 is 0 Å². The number of nitrogens with one attached hydrogen (secondary N) is 1. The van der Waals surface area contributed by atoms with Crippen molar-refractivity contribution in [3.05, 3.63) is 35.9 Å². The van der Waals surface area contributed by atoms with E-state index >= 15 is 0 Å². The molecule has 0 atom stereocenters. The third-order valence-corrected chi connectivity index (χ3v) is 2.89. The second-order valence-corrected chi connectivity index (χ2v) is 4.85. The Hall–Kier alpha value is -2.52. The van der Waals surface area contributed by atoms with Crippen LogP contribution in [0, 0.1) is 6.92 Å². The highest BCUT2D eigenvalue weighted by Gasteiger charge is 2.33. The van der Waals surface area contributed by atoms with Crippen LogP contribution in [0.2, 0.25) is 0 Å². The van der Waals surface area contributed by atoms with Crippen LogP contribution in [-0.4, -0.2) is 30.6 Å². The van der Waals surface area contributed by atoms with Crippen molar-refractivity contribution in [3.8, 4) is 0 Å². The molecule has 0 saturated heterocycles. The molecule has 0 spiro atoms. The molecule has 1 amide bonds. The molecule has 7 nitrogen and oxygen atoms in total. The van der Waals surface area contributed by atoms with E-state index in [1.165, 1.54) is 19.6 Å². The average molecular weight is 328 g/mol. The number of amides is 1. The van der Waals surface area contributed by atoms with Crippen LogP contribution in [0.25, 0.3) is 0 Å². The van der Waals surface area contributed by atoms with Crippen molar-refractivity contribution in [2.24, 2.45) is 0 Å². The summed E-state index contributed by atoms with van der Waals surface area (Å²) in [7, 11) is 0. The number of hydrogen-bond donors (Lipinski definition) is 1. The van der Waals surface area contributed by atoms with Gasteiger partial charge in [-0.15, -0.1) is 0 Å². The van der Waals surface area contributed by atoms with Gasteiger partial charge in [0, 0.05) is 18.7 Å². The number of rotatable bonds is 6. The minimum absolute atomic E-state index is 0.0676. The number of aromatic nitrogens is 5. The van der Waals surface area contributed by atoms with E-state index in [1.807, 2.05) is 0 Å². The Morgan fingerprint density at radius 2 is 2.13 bits per heavy atom. The highest BCUT2D eigenvalue weighted by molar-refractivity contribution is 5.75. The van der Waals surface area contributed by atoms with Crippen LogP contribution in [0.4, 0.5) is 13.2 Å². The molecule has 0 fully saturated rings. The summed E-state index contributed by atoms with van der Waals surface area (Å²) < 4.78 is 39.6. The second-order valence-electron chi connectivity index (χ2n) is 4.85. The third-order valence-electron chi connectivity index (χ3n) is 2.89. The number of aryl methyl sites for hydroxylation is 2. The quantitative estimate of drug-likeness (QED) is 0.868. The van der Waals surface area contributed by atoms with Gasteiger partial charge in [-0.1, -0.05) is 0 Å². The minimum Gasteiger partial charge on any atom is -0.349 e. The van der Waals surface area contributed by atoms with Gasteiger partial charge in [-0.25, -0.2) is 15.0 Å². The molecule has 0 bridgehead atoms. The van der Waals surface area contributed by atoms with Gasteiger partial charge >= 0.3 is 6.18 Å². The van der Waals surface area contributed by atoms with Gasteiger partial charge in [0.05, 0.1) is 6.54 Å². The predicted molar refractivity (Wildman–Crippen MR) is 72.9 cm³/mol. The van der Waals surface area contributed by atoms with Crippen molar-refractivity contribution >= 4 is 5.91 Å². The molecule has 0 aliphatic heterocycles. The van der Waals surface area contributed by atoms with Gasteiger partial charge < -0.3 is 5.32 Å². The molecular weight excluding hydrogens is 313 g/mol. The van der Waals surface area contributed by atoms with E-state index in [9.17, 15) is 18.0 Å². The fourth-order valence-electron chi connectivity index (χ4n) is 1.87. The van der Waals surface area contributed by atoms with Crippen LogP contribution in [0.3, 0.4) is 0 Å². The largest absolute Gasteiger partial charge is 0.433 e. The zero-order chi connectivity index (χ0) is 16.9. The van der Waals surface area contributed by atoms with Crippen molar-refractivity contribution in [3.63, 3.8) is 0 Å². The summed E-state index contributed by atoms with van der Waals surface area (Å²) in [5, 5.41) is 6.40. The number of carbonyl (C=O) groups excluding carboxylic acids is 1. The average Bonchev–Trinajstić information content (AvgIpc) is 2.97. The van der Waals surface area contributed by atoms with Crippen LogP contribution in [0.15, 0.2) is 18.7 Å². The van der Waals surface area contributed by atoms with E-state index < -0.39 is 11.9 Å². The topological polar surface area (TPSA) is 85.6 Å². The lowest BCUT2D eigenvalue weighted by atomic mass is 10.3. The lowest BCUT2D eigenvalue weighted by molar-refractivity contribution is -0.141. The SMILES string of the molecule is Cc1cc(C(F)(F)F)nc(CNC(=O)CCCn2cncn2)n1. The maximum absolute atomic E-state index is 12.7. The Balaban J connectivity index is 1.83. The fraction of sp³-hybridized carbons (Fsp3) is 0.462. The number of carbonyl (C=O) groups is 1. The Morgan fingerprint density at radius 1 is 1.35 bits per heavy atom. The van der Waals surface area contributed by atoms with Crippen molar-refractivity contribution in [1.82, 2.24) is 30.0 Å². The van der Waals surface area contributed by atoms with E-state index in [0.717, 1.165) is 6.07 Å². The first kappa shape index (κ1) is 16.8. The number of hydrogen-bond acceptors (Lipinski definition) is 5. The number of halogens is 3. The first-order valence-electron chi connectivity index (χ1n) is 6.85. The predicted octanol–water partition coefficient (Wildman–Crippen LogP) is 1.49. The smallest absolute Gasteiger partial charge is 0.349 e. The van der Waals surface area contributed by atoms with Gasteiger partial charge in [0.1, 0.15) is 24.2 Å². The molecule has 2 aromatic heterocycles. The molecule has 0 radical (unpaired) electrons. The van der Waals surface area contributed by atoms with Gasteiger partial charge in [-0.05, 0) is 19.4 Å². The second kappa shape index (κ2) is 7.16. The van der Waals surface area contributed by atoms with E-state index in [0.29, 0.717) is 13.0 Å². The fourth-order valence-corrected chi connectivity index (χ4v) is 1.87. The zero-order valence-electron chi connectivity index (χ0n) is 12.3. The molecule has 0 saturated carbocycles. The zero-order valence-corrected chi connectivity index (χ0v) is 12.3. The maximum atomic E-state index is 12.7. The van der Waals surface area contributed by atoms with Gasteiger partial charge in [-0.2, -0.15) is 18.3 Å². The van der Waals surface area contributed by atoms with E-state index in [2.05, 4.69) is 25.4 Å². The normalized spacial score (nSPS) is 11.5. The molecule has 2 heterocycles. The van der Waals surface area contributed by atoms with Gasteiger partial charge in [-0.3, -0.25) is 9.48 Å². The van der Waals surface area contributed by atoms with Crippen molar-refractivity contribution < 1.29 is 18.0 Å². The summed E-state index contributed by atoms with van der Waals surface area (Å²) in [6, 6.07) is 0.865. The molecular formula is C13H15F3N6O. The van der Waals surface area contributed by atoms with E-state index in [-0.39, 0.29) is 30.4 Å². The minimum atomic E-state index is -4.54. The highest BCUT2D eigenvalue weighted by Crippen LogP contribution is 2.27. The maximum Gasteiger partial charge on any atom is 0.433 e. The molecule has 2 rings (SSSR count). The van der Waals surface area contributed by atoms with Crippen molar-refractivity contribution in [1.29, 1.82) is 0 Å². The first-order chi connectivity index (χ1) is 10.8. The Morgan fingerprint density at radius 3 is 2.78 bits per heavy atom. The van der Waals surface area contributed by atoms with E-state index in [4.69, 9.17) is 0 Å². The van der Waals surface area contributed by atoms with Crippen LogP contribution in [0.5, 0.6) is 0 Å². The first-order valence-corrected chi connectivity index (χ1v) is 6.85. The van der Waals surface area contributed by atoms with Gasteiger partial charge in [0.25, 0.3) is 0 Å². The standard InChI is InChI=1S/C13H15F3N6O/c1-9-5-10(13(14,15)16)21-11(20-9)6-18-12(23)3-2-4-22-8-17-7-19-22/h5,7-8H,2-4,6H2,1H3,(H,18,23). The molecule has 2 aromatic rings. The molecule has 0 aromatic carbocycles. The Kier molecular flexibility index (Phi) is 5.24. The number of nitrogens with zero attached hydrogens (tertiary/aromatic N) is 5. The van der Waals surface area contributed by atoms with Crippen molar-refractivity contribution in [2.75, 3.05) is 0 Å². The summed E-state index contributed by atoms with van der Waals surface area (Å²) >= 11 is 0. The Labute approximate surface area is 130 Å². The Bertz CT molecular complexity index is 656. The van der Waals surface area contributed by atoms with Gasteiger partial charge in [0.15, 0.2) is 0 Å². The molecule has 0 unspecified atom stereocenters. The molecule has 1 N–H and O–H groups in total. The summed E-state index contributed by atoms with van der Waals surface area (Å²) in [6.07, 6.45) is -0.843. The van der Waals surface area contributed by atoms with Crippen molar-refractivity contribution in [2.45, 2.75) is 39.0 Å². The monoisotopic (exact) mass is 328 g/mol. The summed E-state index contributed by atoms with van der Waals surface area (Å²) in [4.78, 5) is 22.8. The van der Waals surface area contributed by atoms with Crippen LogP contribution in [-0.2, 0) is 24.1 Å². The lowest BCUT2D eigenvalue weighted by Gasteiger charge is -2.09. The lowest BCUT2D eigenvalue weighted by Crippen LogP contribution is -2.25. The van der Waals surface area contributed by atoms with Gasteiger partial charge in [0.2, 0.25) is 5.91 Å². The van der Waals surface area contributed by atoms with Crippen LogP contribution in [0.1, 0.15) is 30.1 Å². The summed E-state index contributed by atoms with van der Waals surface area (Å²) in [6.45, 7) is 1.83. The molecule has 124 valence electrons. The molecule has 0 aliphatic rings.